The molecule has 9 heteroatoms. The van der Waals surface area contributed by atoms with Crippen LogP contribution in [0.25, 0.3) is 0 Å². The summed E-state index contributed by atoms with van der Waals surface area (Å²) in [5.74, 6) is -1.39. The van der Waals surface area contributed by atoms with Gasteiger partial charge in [0.1, 0.15) is 16.9 Å². The van der Waals surface area contributed by atoms with E-state index >= 15 is 0 Å². The Bertz CT molecular complexity index is 1420. The van der Waals surface area contributed by atoms with Crippen molar-refractivity contribution in [2.75, 3.05) is 5.32 Å². The first-order chi connectivity index (χ1) is 17.8. The van der Waals surface area contributed by atoms with Gasteiger partial charge in [0.05, 0.1) is 11.8 Å². The van der Waals surface area contributed by atoms with Crippen molar-refractivity contribution < 1.29 is 18.4 Å². The Kier molecular flexibility index (Phi) is 6.88. The molecule has 0 saturated carbocycles. The highest BCUT2D eigenvalue weighted by molar-refractivity contribution is 8.15. The number of nitrogens with zero attached hydrogens (tertiary/aromatic N) is 3. The molecule has 2 atom stereocenters. The van der Waals surface area contributed by atoms with Gasteiger partial charge in [-0.05, 0) is 72.5 Å². The molecule has 3 aromatic rings. The van der Waals surface area contributed by atoms with Crippen molar-refractivity contribution >= 4 is 40.1 Å². The number of anilines is 1. The van der Waals surface area contributed by atoms with E-state index in [0.29, 0.717) is 23.0 Å². The first-order valence-electron chi connectivity index (χ1n) is 11.8. The van der Waals surface area contributed by atoms with Crippen LogP contribution in [0.3, 0.4) is 0 Å². The van der Waals surface area contributed by atoms with Gasteiger partial charge in [-0.1, -0.05) is 42.1 Å². The average Bonchev–Trinajstić information content (AvgIpc) is 3.46. The fourth-order valence-electron chi connectivity index (χ4n) is 4.25. The van der Waals surface area contributed by atoms with Crippen molar-refractivity contribution in [1.29, 1.82) is 0 Å². The van der Waals surface area contributed by atoms with E-state index in [9.17, 15) is 18.4 Å². The third kappa shape index (κ3) is 5.46. The molecule has 0 spiro atoms. The Labute approximate surface area is 217 Å². The number of hydrogen-bond donors (Lipinski definition) is 1. The zero-order valence-corrected chi connectivity index (χ0v) is 21.1. The van der Waals surface area contributed by atoms with Gasteiger partial charge in [0, 0.05) is 18.5 Å². The maximum atomic E-state index is 13.6. The fraction of sp³-hybridized carbons (Fsp3) is 0.214. The summed E-state index contributed by atoms with van der Waals surface area (Å²) in [4.78, 5) is 29.7. The summed E-state index contributed by atoms with van der Waals surface area (Å²) in [7, 11) is 0. The fourth-order valence-corrected chi connectivity index (χ4v) is 5.31. The highest BCUT2D eigenvalue weighted by Gasteiger charge is 2.39. The Morgan fingerprint density at radius 1 is 1.00 bits per heavy atom. The molecule has 0 bridgehead atoms. The largest absolute Gasteiger partial charge is 0.326 e. The SMILES string of the molecule is Cc1ccc(NC(=O)C[C@@H]2SC(N3N=C(c4ccc(F)cc4)C[C@@H]3c3ccc(F)cc3)=NC2=O)cc1C. The Balaban J connectivity index is 1.34. The molecule has 0 aliphatic carbocycles. The monoisotopic (exact) mass is 518 g/mol. The Morgan fingerprint density at radius 3 is 2.35 bits per heavy atom. The van der Waals surface area contributed by atoms with Gasteiger partial charge < -0.3 is 5.32 Å². The van der Waals surface area contributed by atoms with E-state index in [1.165, 1.54) is 36.0 Å². The van der Waals surface area contributed by atoms with Gasteiger partial charge >= 0.3 is 0 Å². The van der Waals surface area contributed by atoms with E-state index in [-0.39, 0.29) is 30.0 Å². The van der Waals surface area contributed by atoms with Gasteiger partial charge in [-0.15, -0.1) is 0 Å². The van der Waals surface area contributed by atoms with Gasteiger partial charge in [0.2, 0.25) is 5.91 Å². The second-order valence-electron chi connectivity index (χ2n) is 9.06. The van der Waals surface area contributed by atoms with Gasteiger partial charge in [0.15, 0.2) is 5.17 Å². The van der Waals surface area contributed by atoms with Gasteiger partial charge in [-0.25, -0.2) is 13.8 Å². The van der Waals surface area contributed by atoms with Crippen LogP contribution < -0.4 is 5.32 Å². The average molecular weight is 519 g/mol. The second kappa shape index (κ2) is 10.3. The molecule has 5 rings (SSSR count). The van der Waals surface area contributed by atoms with E-state index in [1.807, 2.05) is 32.0 Å². The smallest absolute Gasteiger partial charge is 0.262 e. The van der Waals surface area contributed by atoms with Crippen molar-refractivity contribution in [2.24, 2.45) is 10.1 Å². The highest BCUT2D eigenvalue weighted by Crippen LogP contribution is 2.38. The molecule has 0 aromatic heterocycles. The lowest BCUT2D eigenvalue weighted by molar-refractivity contribution is -0.121. The number of rotatable bonds is 5. The number of thioether (sulfide) groups is 1. The van der Waals surface area contributed by atoms with Crippen LogP contribution in [0.15, 0.2) is 76.8 Å². The molecule has 6 nitrogen and oxygen atoms in total. The third-order valence-electron chi connectivity index (χ3n) is 6.43. The number of amidine groups is 1. The number of halogens is 2. The summed E-state index contributed by atoms with van der Waals surface area (Å²) in [5.41, 5.74) is 5.10. The summed E-state index contributed by atoms with van der Waals surface area (Å²) >= 11 is 1.19. The maximum absolute atomic E-state index is 13.6. The van der Waals surface area contributed by atoms with Crippen LogP contribution in [-0.4, -0.2) is 33.0 Å². The predicted molar refractivity (Wildman–Crippen MR) is 142 cm³/mol. The molecule has 0 fully saturated rings. The molecular formula is C28H24F2N4O2S. The summed E-state index contributed by atoms with van der Waals surface area (Å²) < 4.78 is 27.0. The van der Waals surface area contributed by atoms with Crippen LogP contribution in [0.2, 0.25) is 0 Å². The van der Waals surface area contributed by atoms with Crippen LogP contribution in [0.4, 0.5) is 14.5 Å². The molecule has 2 aliphatic rings. The topological polar surface area (TPSA) is 74.1 Å². The number of aryl methyl sites for hydroxylation is 2. The summed E-state index contributed by atoms with van der Waals surface area (Å²) in [5, 5.41) is 8.91. The molecule has 2 aliphatic heterocycles. The number of hydrazone groups is 1. The van der Waals surface area contributed by atoms with E-state index in [2.05, 4.69) is 10.3 Å². The number of carbonyl (C=O) groups excluding carboxylic acids is 2. The lowest BCUT2D eigenvalue weighted by Crippen LogP contribution is -2.25. The van der Waals surface area contributed by atoms with Gasteiger partial charge in [-0.2, -0.15) is 10.1 Å². The normalized spacial score (nSPS) is 19.1. The number of carbonyl (C=O) groups is 2. The van der Waals surface area contributed by atoms with Crippen molar-refractivity contribution in [3.05, 3.63) is 101 Å². The third-order valence-corrected chi connectivity index (χ3v) is 7.57. The summed E-state index contributed by atoms with van der Waals surface area (Å²) in [6.07, 6.45) is 0.427. The lowest BCUT2D eigenvalue weighted by Gasteiger charge is -2.23. The van der Waals surface area contributed by atoms with Gasteiger partial charge in [-0.3, -0.25) is 9.59 Å². The molecule has 188 valence electrons. The molecule has 0 radical (unpaired) electrons. The van der Waals surface area contributed by atoms with Crippen molar-refractivity contribution in [3.63, 3.8) is 0 Å². The molecule has 2 heterocycles. The van der Waals surface area contributed by atoms with Crippen molar-refractivity contribution in [3.8, 4) is 0 Å². The Morgan fingerprint density at radius 2 is 1.68 bits per heavy atom. The van der Waals surface area contributed by atoms with E-state index < -0.39 is 11.2 Å². The molecule has 0 unspecified atom stereocenters. The number of hydrogen-bond acceptors (Lipinski definition) is 5. The van der Waals surface area contributed by atoms with Crippen molar-refractivity contribution in [2.45, 2.75) is 38.0 Å². The zero-order valence-electron chi connectivity index (χ0n) is 20.2. The molecular weight excluding hydrogens is 494 g/mol. The first kappa shape index (κ1) is 24.8. The quantitative estimate of drug-likeness (QED) is 0.466. The first-order valence-corrected chi connectivity index (χ1v) is 12.7. The van der Waals surface area contributed by atoms with Crippen LogP contribution in [0, 0.1) is 25.5 Å². The van der Waals surface area contributed by atoms with E-state index in [0.717, 1.165) is 22.3 Å². The van der Waals surface area contributed by atoms with Crippen LogP contribution in [-0.2, 0) is 9.59 Å². The summed E-state index contributed by atoms with van der Waals surface area (Å²) in [6.45, 7) is 3.96. The summed E-state index contributed by atoms with van der Waals surface area (Å²) in [6, 6.07) is 17.4. The lowest BCUT2D eigenvalue weighted by atomic mass is 9.98. The predicted octanol–water partition coefficient (Wildman–Crippen LogP) is 5.76. The van der Waals surface area contributed by atoms with Crippen LogP contribution in [0.5, 0.6) is 0 Å². The van der Waals surface area contributed by atoms with Crippen LogP contribution in [0.1, 0.15) is 41.1 Å². The number of benzene rings is 3. The van der Waals surface area contributed by atoms with E-state index in [4.69, 9.17) is 5.10 Å². The van der Waals surface area contributed by atoms with Crippen LogP contribution >= 0.6 is 11.8 Å². The minimum Gasteiger partial charge on any atom is -0.326 e. The van der Waals surface area contributed by atoms with Crippen molar-refractivity contribution in [1.82, 2.24) is 5.01 Å². The maximum Gasteiger partial charge on any atom is 0.262 e. The minimum absolute atomic E-state index is 0.0347. The van der Waals surface area contributed by atoms with Gasteiger partial charge in [0.25, 0.3) is 5.91 Å². The minimum atomic E-state index is -0.680. The number of aliphatic imine (C=N–C) groups is 1. The molecule has 37 heavy (non-hydrogen) atoms. The molecule has 1 N–H and O–H groups in total. The zero-order chi connectivity index (χ0) is 26.1. The highest BCUT2D eigenvalue weighted by atomic mass is 32.2. The number of amides is 2. The number of nitrogens with one attached hydrogen (secondary N) is 1. The Hall–Kier alpha value is -3.85. The van der Waals surface area contributed by atoms with E-state index in [1.54, 1.807) is 29.3 Å². The standard InChI is InChI=1S/C28H24F2N4O2S/c1-16-3-12-22(13-17(16)2)31-26(35)15-25-27(36)32-28(37-25)34-24(19-6-10-21(30)11-7-19)14-23(33-34)18-4-8-20(29)9-5-18/h3-13,24-25H,14-15H2,1-2H3,(H,31,35)/t24-,25+/m1/s1. The molecule has 0 saturated heterocycles. The second-order valence-corrected chi connectivity index (χ2v) is 10.2. The molecule has 3 aromatic carbocycles. The molecule has 2 amide bonds.